The first-order valence-corrected chi connectivity index (χ1v) is 7.80. The fourth-order valence-electron chi connectivity index (χ4n) is 3.90. The van der Waals surface area contributed by atoms with Crippen LogP contribution < -0.4 is 5.32 Å². The van der Waals surface area contributed by atoms with Crippen LogP contribution in [0.1, 0.15) is 62.3 Å². The summed E-state index contributed by atoms with van der Waals surface area (Å²) in [6.07, 6.45) is 5.19. The number of hydrogen-bond donors (Lipinski definition) is 1. The van der Waals surface area contributed by atoms with E-state index in [1.165, 1.54) is 31.2 Å². The monoisotopic (exact) mass is 277 g/mol. The van der Waals surface area contributed by atoms with Gasteiger partial charge in [0.15, 0.2) is 0 Å². The third-order valence-electron chi connectivity index (χ3n) is 5.12. The van der Waals surface area contributed by atoms with Crippen LogP contribution in [0.3, 0.4) is 0 Å². The molecular weight excluding hydrogens is 249 g/mol. The molecule has 0 radical (unpaired) electrons. The molecule has 0 saturated heterocycles. The summed E-state index contributed by atoms with van der Waals surface area (Å²) in [7, 11) is 2.03. The zero-order chi connectivity index (χ0) is 14.9. The number of rotatable bonds is 3. The molecule has 1 aliphatic carbocycles. The van der Waals surface area contributed by atoms with Crippen molar-refractivity contribution in [2.24, 2.45) is 11.3 Å². The fraction of sp³-hybridized carbons (Fsp3) is 0.667. The molecule has 2 atom stereocenters. The zero-order valence-corrected chi connectivity index (χ0v) is 13.5. The van der Waals surface area contributed by atoms with E-state index in [4.69, 9.17) is 0 Å². The van der Waals surface area contributed by atoms with Gasteiger partial charge in [-0.1, -0.05) is 38.8 Å². The third-order valence-corrected chi connectivity index (χ3v) is 5.12. The molecule has 0 aromatic heterocycles. The first-order chi connectivity index (χ1) is 9.36. The van der Waals surface area contributed by atoms with Crippen LogP contribution in [0.5, 0.6) is 0 Å². The Labute approximate surface area is 123 Å². The summed E-state index contributed by atoms with van der Waals surface area (Å²) in [5.74, 6) is 0.553. The Kier molecular flexibility index (Phi) is 4.53. The van der Waals surface area contributed by atoms with Crippen LogP contribution in [0.2, 0.25) is 0 Å². The normalized spacial score (nSPS) is 23.6. The van der Waals surface area contributed by atoms with Crippen LogP contribution in [-0.4, -0.2) is 7.05 Å². The molecule has 1 aromatic rings. The molecular formula is C18H28FN. The minimum absolute atomic E-state index is 0.0634. The average molecular weight is 277 g/mol. The van der Waals surface area contributed by atoms with Gasteiger partial charge < -0.3 is 5.32 Å². The van der Waals surface area contributed by atoms with Crippen molar-refractivity contribution in [1.29, 1.82) is 0 Å². The van der Waals surface area contributed by atoms with E-state index < -0.39 is 0 Å². The number of aryl methyl sites for hydroxylation is 2. The van der Waals surface area contributed by atoms with Crippen LogP contribution in [0.4, 0.5) is 4.39 Å². The van der Waals surface area contributed by atoms with Gasteiger partial charge in [-0.15, -0.1) is 0 Å². The fourth-order valence-corrected chi connectivity index (χ4v) is 3.90. The smallest absolute Gasteiger partial charge is 0.129 e. The highest BCUT2D eigenvalue weighted by molar-refractivity contribution is 5.33. The summed E-state index contributed by atoms with van der Waals surface area (Å²) in [6, 6.07) is 4.37. The second-order valence-electron chi connectivity index (χ2n) is 7.08. The van der Waals surface area contributed by atoms with Crippen LogP contribution >= 0.6 is 0 Å². The van der Waals surface area contributed by atoms with Crippen molar-refractivity contribution < 1.29 is 4.39 Å². The molecule has 1 fully saturated rings. The molecule has 0 spiro atoms. The average Bonchev–Trinajstić information content (AvgIpc) is 2.38. The molecule has 1 N–H and O–H groups in total. The Morgan fingerprint density at radius 2 is 1.80 bits per heavy atom. The van der Waals surface area contributed by atoms with E-state index in [0.29, 0.717) is 17.4 Å². The highest BCUT2D eigenvalue weighted by Crippen LogP contribution is 2.46. The summed E-state index contributed by atoms with van der Waals surface area (Å²) < 4.78 is 13.9. The maximum Gasteiger partial charge on any atom is 0.129 e. The van der Waals surface area contributed by atoms with Crippen molar-refractivity contribution in [3.63, 3.8) is 0 Å². The van der Waals surface area contributed by atoms with E-state index in [1.54, 1.807) is 0 Å². The van der Waals surface area contributed by atoms with E-state index in [0.717, 1.165) is 11.1 Å². The summed E-state index contributed by atoms with van der Waals surface area (Å²) in [5.41, 5.74) is 3.11. The van der Waals surface area contributed by atoms with Crippen molar-refractivity contribution in [2.75, 3.05) is 7.05 Å². The molecule has 1 aromatic carbocycles. The Hall–Kier alpha value is -0.890. The summed E-state index contributed by atoms with van der Waals surface area (Å²) in [4.78, 5) is 0. The zero-order valence-electron chi connectivity index (χ0n) is 13.5. The Bertz CT molecular complexity index is 455. The van der Waals surface area contributed by atoms with Crippen LogP contribution in [0.15, 0.2) is 12.1 Å². The summed E-state index contributed by atoms with van der Waals surface area (Å²) >= 11 is 0. The number of hydrogen-bond acceptors (Lipinski definition) is 1. The number of nitrogens with one attached hydrogen (secondary N) is 1. The first kappa shape index (κ1) is 15.5. The molecule has 2 rings (SSSR count). The molecule has 0 bridgehead atoms. The van der Waals surface area contributed by atoms with Gasteiger partial charge in [0.05, 0.1) is 0 Å². The van der Waals surface area contributed by atoms with Crippen molar-refractivity contribution >= 4 is 0 Å². The van der Waals surface area contributed by atoms with E-state index in [1.807, 2.05) is 33.0 Å². The van der Waals surface area contributed by atoms with Gasteiger partial charge in [-0.25, -0.2) is 4.39 Å². The Balaban J connectivity index is 2.37. The minimum Gasteiger partial charge on any atom is -0.313 e. The molecule has 20 heavy (non-hydrogen) atoms. The van der Waals surface area contributed by atoms with Crippen LogP contribution in [0.25, 0.3) is 0 Å². The third kappa shape index (κ3) is 2.90. The molecule has 1 aliphatic rings. The van der Waals surface area contributed by atoms with Gasteiger partial charge in [-0.3, -0.25) is 0 Å². The van der Waals surface area contributed by atoms with Crippen LogP contribution in [0, 0.1) is 31.0 Å². The van der Waals surface area contributed by atoms with Crippen LogP contribution in [-0.2, 0) is 0 Å². The lowest BCUT2D eigenvalue weighted by Crippen LogP contribution is -2.37. The van der Waals surface area contributed by atoms with Gasteiger partial charge in [0.1, 0.15) is 5.82 Å². The van der Waals surface area contributed by atoms with Gasteiger partial charge in [-0.2, -0.15) is 0 Å². The quantitative estimate of drug-likeness (QED) is 0.827. The van der Waals surface area contributed by atoms with Crippen molar-refractivity contribution in [3.05, 3.63) is 34.6 Å². The molecule has 112 valence electrons. The predicted molar refractivity (Wildman–Crippen MR) is 83.4 cm³/mol. The summed E-state index contributed by atoms with van der Waals surface area (Å²) in [5, 5.41) is 3.50. The summed E-state index contributed by atoms with van der Waals surface area (Å²) in [6.45, 7) is 8.49. The van der Waals surface area contributed by atoms with Gasteiger partial charge >= 0.3 is 0 Å². The van der Waals surface area contributed by atoms with Gasteiger partial charge in [0, 0.05) is 6.04 Å². The molecule has 0 amide bonds. The van der Waals surface area contributed by atoms with Crippen molar-refractivity contribution in [2.45, 2.75) is 59.4 Å². The topological polar surface area (TPSA) is 12.0 Å². The maximum absolute atomic E-state index is 13.9. The maximum atomic E-state index is 13.9. The lowest BCUT2D eigenvalue weighted by Gasteiger charge is -2.43. The Morgan fingerprint density at radius 3 is 2.30 bits per heavy atom. The molecule has 2 heteroatoms. The molecule has 1 saturated carbocycles. The highest BCUT2D eigenvalue weighted by Gasteiger charge is 2.37. The number of benzene rings is 1. The Morgan fingerprint density at radius 1 is 1.20 bits per heavy atom. The standard InChI is InChI=1S/C18H28FN/c1-12-10-14(11-13(2)16(12)19)17(20-5)15-8-6-7-9-18(15,3)4/h10-11,15,17,20H,6-9H2,1-5H3. The number of halogens is 1. The SMILES string of the molecule is CNC(c1cc(C)c(F)c(C)c1)C1CCCCC1(C)C. The lowest BCUT2D eigenvalue weighted by atomic mass is 9.64. The van der Waals surface area contributed by atoms with Crippen molar-refractivity contribution in [1.82, 2.24) is 5.32 Å². The van der Waals surface area contributed by atoms with E-state index in [2.05, 4.69) is 19.2 Å². The molecule has 1 nitrogen and oxygen atoms in total. The van der Waals surface area contributed by atoms with E-state index in [-0.39, 0.29) is 5.82 Å². The second-order valence-corrected chi connectivity index (χ2v) is 7.08. The molecule has 0 heterocycles. The van der Waals surface area contributed by atoms with E-state index in [9.17, 15) is 4.39 Å². The van der Waals surface area contributed by atoms with Gasteiger partial charge in [0.2, 0.25) is 0 Å². The molecule has 2 unspecified atom stereocenters. The van der Waals surface area contributed by atoms with Crippen molar-refractivity contribution in [3.8, 4) is 0 Å². The molecule has 0 aliphatic heterocycles. The van der Waals surface area contributed by atoms with Gasteiger partial charge in [-0.05, 0) is 61.8 Å². The predicted octanol–water partition coefficient (Wildman–Crippen LogP) is 4.92. The lowest BCUT2D eigenvalue weighted by molar-refractivity contribution is 0.101. The largest absolute Gasteiger partial charge is 0.313 e. The highest BCUT2D eigenvalue weighted by atomic mass is 19.1. The second kappa shape index (κ2) is 5.85. The van der Waals surface area contributed by atoms with Gasteiger partial charge in [0.25, 0.3) is 0 Å². The van der Waals surface area contributed by atoms with E-state index >= 15 is 0 Å². The minimum atomic E-state index is -0.0634. The first-order valence-electron chi connectivity index (χ1n) is 7.80.